The van der Waals surface area contributed by atoms with Crippen molar-refractivity contribution < 1.29 is 9.18 Å². The Kier molecular flexibility index (Phi) is 7.06. The number of halogens is 1. The van der Waals surface area contributed by atoms with E-state index >= 15 is 0 Å². The van der Waals surface area contributed by atoms with Crippen molar-refractivity contribution in [2.24, 2.45) is 7.05 Å². The van der Waals surface area contributed by atoms with Crippen molar-refractivity contribution in [3.63, 3.8) is 0 Å². The zero-order valence-corrected chi connectivity index (χ0v) is 18.6. The number of aromatic nitrogens is 3. The normalized spacial score (nSPS) is 11.6. The summed E-state index contributed by atoms with van der Waals surface area (Å²) in [5.41, 5.74) is 3.36. The van der Waals surface area contributed by atoms with Crippen molar-refractivity contribution in [1.82, 2.24) is 20.1 Å². The lowest BCUT2D eigenvalue weighted by Gasteiger charge is -2.19. The average Bonchev–Trinajstić information content (AvgIpc) is 3.28. The van der Waals surface area contributed by atoms with Crippen LogP contribution in [0.1, 0.15) is 22.7 Å². The molecule has 2 N–H and O–H groups in total. The van der Waals surface area contributed by atoms with E-state index in [2.05, 4.69) is 26.8 Å². The second-order valence-electron chi connectivity index (χ2n) is 7.80. The monoisotopic (exact) mass is 454 g/mol. The molecular formula is C26H23FN6O. The molecule has 1 amide bonds. The van der Waals surface area contributed by atoms with E-state index in [0.717, 1.165) is 11.1 Å². The quantitative estimate of drug-likeness (QED) is 0.420. The van der Waals surface area contributed by atoms with E-state index in [1.54, 1.807) is 36.3 Å². The van der Waals surface area contributed by atoms with Gasteiger partial charge >= 0.3 is 0 Å². The van der Waals surface area contributed by atoms with Gasteiger partial charge in [-0.3, -0.25) is 9.48 Å². The lowest BCUT2D eigenvalue weighted by Crippen LogP contribution is -2.34. The summed E-state index contributed by atoms with van der Waals surface area (Å²) in [5, 5.41) is 19.0. The van der Waals surface area contributed by atoms with Gasteiger partial charge in [-0.15, -0.1) is 0 Å². The smallest absolute Gasteiger partial charge is 0.247 e. The molecule has 0 aliphatic carbocycles. The summed E-state index contributed by atoms with van der Waals surface area (Å²) >= 11 is 0. The molecule has 0 saturated heterocycles. The summed E-state index contributed by atoms with van der Waals surface area (Å²) in [7, 11) is 1.75. The zero-order valence-electron chi connectivity index (χ0n) is 18.6. The second kappa shape index (κ2) is 10.5. The fourth-order valence-corrected chi connectivity index (χ4v) is 3.58. The molecule has 0 saturated carbocycles. The predicted molar refractivity (Wildman–Crippen MR) is 127 cm³/mol. The van der Waals surface area contributed by atoms with Crippen LogP contribution in [0.5, 0.6) is 0 Å². The Labute approximate surface area is 196 Å². The Morgan fingerprint density at radius 1 is 1.15 bits per heavy atom. The summed E-state index contributed by atoms with van der Waals surface area (Å²) in [4.78, 5) is 17.3. The minimum absolute atomic E-state index is 0.130. The van der Waals surface area contributed by atoms with Gasteiger partial charge in [0.05, 0.1) is 17.8 Å². The molecule has 7 nitrogen and oxygen atoms in total. The molecule has 0 radical (unpaired) electrons. The molecule has 4 aromatic rings. The van der Waals surface area contributed by atoms with Crippen LogP contribution >= 0.6 is 0 Å². The number of carbonyl (C=O) groups excluding carboxylic acids is 1. The fourth-order valence-electron chi connectivity index (χ4n) is 3.58. The van der Waals surface area contributed by atoms with Gasteiger partial charge in [-0.25, -0.2) is 9.37 Å². The molecule has 0 aliphatic rings. The minimum Gasteiger partial charge on any atom is -0.309 e. The number of hydrogen-bond donors (Lipinski definition) is 2. The third-order valence-electron chi connectivity index (χ3n) is 5.36. The molecule has 1 atom stereocenters. The van der Waals surface area contributed by atoms with E-state index in [0.29, 0.717) is 29.7 Å². The highest BCUT2D eigenvalue weighted by atomic mass is 19.1. The van der Waals surface area contributed by atoms with Gasteiger partial charge < -0.3 is 10.6 Å². The van der Waals surface area contributed by atoms with Crippen LogP contribution in [0.2, 0.25) is 0 Å². The summed E-state index contributed by atoms with van der Waals surface area (Å²) < 4.78 is 16.3. The van der Waals surface area contributed by atoms with E-state index in [9.17, 15) is 9.18 Å². The molecule has 0 fully saturated rings. The maximum atomic E-state index is 14.7. The first kappa shape index (κ1) is 22.8. The van der Waals surface area contributed by atoms with Crippen LogP contribution in [-0.2, 0) is 18.3 Å². The average molecular weight is 455 g/mol. The topological polar surface area (TPSA) is 95.6 Å². The van der Waals surface area contributed by atoms with Crippen LogP contribution in [0, 0.1) is 17.1 Å². The van der Waals surface area contributed by atoms with Crippen LogP contribution in [0.3, 0.4) is 0 Å². The first-order valence-corrected chi connectivity index (χ1v) is 10.8. The number of hydrogen-bond acceptors (Lipinski definition) is 5. The number of carbonyl (C=O) groups is 1. The Balaban J connectivity index is 1.46. The van der Waals surface area contributed by atoms with E-state index in [4.69, 9.17) is 5.26 Å². The lowest BCUT2D eigenvalue weighted by molar-refractivity contribution is -0.118. The van der Waals surface area contributed by atoms with Crippen LogP contribution in [0.4, 0.5) is 10.2 Å². The fraction of sp³-hybridized carbons (Fsp3) is 0.154. The third kappa shape index (κ3) is 5.52. The van der Waals surface area contributed by atoms with Gasteiger partial charge in [0, 0.05) is 43.2 Å². The molecule has 2 heterocycles. The number of nitriles is 1. The van der Waals surface area contributed by atoms with Crippen LogP contribution in [-0.4, -0.2) is 27.2 Å². The van der Waals surface area contributed by atoms with Gasteiger partial charge in [-0.1, -0.05) is 42.5 Å². The van der Waals surface area contributed by atoms with Gasteiger partial charge in [0.1, 0.15) is 17.7 Å². The molecule has 34 heavy (non-hydrogen) atoms. The maximum Gasteiger partial charge on any atom is 0.247 e. The Bertz CT molecular complexity index is 1310. The van der Waals surface area contributed by atoms with Crippen molar-refractivity contribution >= 4 is 11.7 Å². The van der Waals surface area contributed by atoms with E-state index in [1.807, 2.05) is 42.5 Å². The maximum absolute atomic E-state index is 14.7. The van der Waals surface area contributed by atoms with Gasteiger partial charge in [0.25, 0.3) is 0 Å². The number of rotatable bonds is 8. The number of benzene rings is 2. The van der Waals surface area contributed by atoms with Gasteiger partial charge in [0.15, 0.2) is 0 Å². The molecular weight excluding hydrogens is 431 g/mol. The highest BCUT2D eigenvalue weighted by Gasteiger charge is 2.21. The first-order chi connectivity index (χ1) is 16.5. The Morgan fingerprint density at radius 2 is 1.91 bits per heavy atom. The van der Waals surface area contributed by atoms with Crippen LogP contribution in [0.25, 0.3) is 11.1 Å². The molecule has 2 aromatic heterocycles. The van der Waals surface area contributed by atoms with Gasteiger partial charge in [-0.2, -0.15) is 10.4 Å². The van der Waals surface area contributed by atoms with Crippen LogP contribution in [0.15, 0.2) is 79.3 Å². The molecule has 8 heteroatoms. The summed E-state index contributed by atoms with van der Waals surface area (Å²) in [5.74, 6) is -0.708. The predicted octanol–water partition coefficient (Wildman–Crippen LogP) is 4.00. The number of pyridine rings is 1. The summed E-state index contributed by atoms with van der Waals surface area (Å²) in [6.45, 7) is 0.528. The largest absolute Gasteiger partial charge is 0.309 e. The number of aryl methyl sites for hydroxylation is 1. The van der Waals surface area contributed by atoms with E-state index in [-0.39, 0.29) is 11.7 Å². The third-order valence-corrected chi connectivity index (χ3v) is 5.36. The summed E-state index contributed by atoms with van der Waals surface area (Å²) in [6.07, 6.45) is 5.32. The van der Waals surface area contributed by atoms with Gasteiger partial charge in [0.2, 0.25) is 5.91 Å². The zero-order chi connectivity index (χ0) is 23.9. The Morgan fingerprint density at radius 3 is 2.56 bits per heavy atom. The van der Waals surface area contributed by atoms with Crippen molar-refractivity contribution in [2.45, 2.75) is 12.5 Å². The van der Waals surface area contributed by atoms with Crippen molar-refractivity contribution in [3.05, 3.63) is 102 Å². The van der Waals surface area contributed by atoms with Crippen molar-refractivity contribution in [3.8, 4) is 17.2 Å². The van der Waals surface area contributed by atoms with Crippen molar-refractivity contribution in [2.75, 3.05) is 11.9 Å². The number of nitrogens with one attached hydrogen (secondary N) is 2. The molecule has 2 aromatic carbocycles. The first-order valence-electron chi connectivity index (χ1n) is 10.8. The van der Waals surface area contributed by atoms with E-state index in [1.165, 1.54) is 12.3 Å². The number of amides is 1. The van der Waals surface area contributed by atoms with E-state index < -0.39 is 11.9 Å². The lowest BCUT2D eigenvalue weighted by atomic mass is 10.0. The number of nitrogens with zero attached hydrogens (tertiary/aromatic N) is 4. The highest BCUT2D eigenvalue weighted by molar-refractivity contribution is 5.95. The molecule has 0 spiro atoms. The van der Waals surface area contributed by atoms with Crippen LogP contribution < -0.4 is 10.6 Å². The molecule has 0 aliphatic heterocycles. The minimum atomic E-state index is -0.651. The Hall–Kier alpha value is -4.35. The highest BCUT2D eigenvalue weighted by Crippen LogP contribution is 2.23. The summed E-state index contributed by atoms with van der Waals surface area (Å²) in [6, 6.07) is 19.3. The second-order valence-corrected chi connectivity index (χ2v) is 7.80. The molecule has 4 rings (SSSR count). The molecule has 0 bridgehead atoms. The molecule has 1 unspecified atom stereocenters. The molecule has 170 valence electrons. The van der Waals surface area contributed by atoms with Crippen molar-refractivity contribution in [1.29, 1.82) is 5.26 Å². The number of anilines is 1. The standard InChI is InChI=1S/C26H23FN6O/c1-33-17-21(15-31-33)22-16-30-24(13-23(22)27)32-26(34)25(20-5-3-2-4-6-20)29-12-11-18-7-9-19(14-28)10-8-18/h2-10,13,15-17,25,29H,11-12H2,1H3,(H,30,32,34). The SMILES string of the molecule is Cn1cc(-c2cnc(NC(=O)C(NCCc3ccc(C#N)cc3)c3ccccc3)cc2F)cn1. The van der Waals surface area contributed by atoms with Gasteiger partial charge in [-0.05, 0) is 29.7 Å².